The molecule has 0 bridgehead atoms. The van der Waals surface area contributed by atoms with E-state index >= 15 is 0 Å². The van der Waals surface area contributed by atoms with E-state index in [1.54, 1.807) is 18.4 Å². The van der Waals surface area contributed by atoms with Crippen molar-refractivity contribution in [3.8, 4) is 0 Å². The summed E-state index contributed by atoms with van der Waals surface area (Å²) in [5.74, 6) is 0.340. The standard InChI is InChI=1S/C18H26N2O3S/c1-23-10-4-7-19-17(21)13-5-6-15-14(11-13)12-16(24-15)18(22)20-8-2-3-9-20/h12-13H,2-11H2,1H3,(H,19,21)/t13-/m0/s1. The van der Waals surface area contributed by atoms with Crippen molar-refractivity contribution in [1.29, 1.82) is 0 Å². The van der Waals surface area contributed by atoms with E-state index in [1.165, 1.54) is 10.4 Å². The van der Waals surface area contributed by atoms with Crippen LogP contribution in [0.4, 0.5) is 0 Å². The van der Waals surface area contributed by atoms with E-state index in [0.717, 1.165) is 56.5 Å². The van der Waals surface area contributed by atoms with Gasteiger partial charge in [0.25, 0.3) is 5.91 Å². The van der Waals surface area contributed by atoms with Gasteiger partial charge >= 0.3 is 0 Å². The summed E-state index contributed by atoms with van der Waals surface area (Å²) in [6.45, 7) is 3.10. The highest BCUT2D eigenvalue weighted by Gasteiger charge is 2.28. The molecule has 2 amide bonds. The molecular weight excluding hydrogens is 324 g/mol. The van der Waals surface area contributed by atoms with Gasteiger partial charge in [0.15, 0.2) is 0 Å². The second kappa shape index (κ2) is 8.12. The van der Waals surface area contributed by atoms with Crippen molar-refractivity contribution in [2.45, 2.75) is 38.5 Å². The Morgan fingerprint density at radius 2 is 2.17 bits per heavy atom. The number of rotatable bonds is 6. The highest BCUT2D eigenvalue weighted by molar-refractivity contribution is 7.14. The molecule has 0 aromatic carbocycles. The number of likely N-dealkylation sites (tertiary alicyclic amines) is 1. The Morgan fingerprint density at radius 1 is 1.38 bits per heavy atom. The minimum atomic E-state index is 0.0318. The lowest BCUT2D eigenvalue weighted by molar-refractivity contribution is -0.125. The van der Waals surface area contributed by atoms with Crippen molar-refractivity contribution in [2.75, 3.05) is 33.4 Å². The normalized spacial score (nSPS) is 20.0. The van der Waals surface area contributed by atoms with Gasteiger partial charge in [0, 0.05) is 44.1 Å². The molecular formula is C18H26N2O3S. The Balaban J connectivity index is 1.57. The van der Waals surface area contributed by atoms with Crippen molar-refractivity contribution >= 4 is 23.2 Å². The average molecular weight is 350 g/mol. The highest BCUT2D eigenvalue weighted by Crippen LogP contribution is 2.33. The molecule has 1 aromatic heterocycles. The van der Waals surface area contributed by atoms with Crippen molar-refractivity contribution in [1.82, 2.24) is 10.2 Å². The number of thiophene rings is 1. The van der Waals surface area contributed by atoms with Gasteiger partial charge in [0.05, 0.1) is 4.88 Å². The maximum atomic E-state index is 12.5. The molecule has 0 spiro atoms. The lowest BCUT2D eigenvalue weighted by Gasteiger charge is -2.21. The zero-order chi connectivity index (χ0) is 16.9. The number of carbonyl (C=O) groups is 2. The van der Waals surface area contributed by atoms with E-state index < -0.39 is 0 Å². The number of hydrogen-bond acceptors (Lipinski definition) is 4. The number of aryl methyl sites for hydroxylation is 1. The average Bonchev–Trinajstić information content (AvgIpc) is 3.26. The van der Waals surface area contributed by atoms with E-state index in [1.807, 2.05) is 11.0 Å². The van der Waals surface area contributed by atoms with Crippen LogP contribution in [0, 0.1) is 5.92 Å². The van der Waals surface area contributed by atoms with Crippen LogP contribution in [-0.2, 0) is 22.4 Å². The first kappa shape index (κ1) is 17.4. The van der Waals surface area contributed by atoms with Crippen LogP contribution in [0.2, 0.25) is 0 Å². The second-order valence-corrected chi connectivity index (χ2v) is 7.77. The monoisotopic (exact) mass is 350 g/mol. The molecule has 1 N–H and O–H groups in total. The molecule has 3 rings (SSSR count). The third kappa shape index (κ3) is 3.98. The van der Waals surface area contributed by atoms with Crippen LogP contribution < -0.4 is 5.32 Å². The summed E-state index contributed by atoms with van der Waals surface area (Å²) < 4.78 is 5.00. The van der Waals surface area contributed by atoms with Gasteiger partial charge in [-0.05, 0) is 50.2 Å². The van der Waals surface area contributed by atoms with Gasteiger partial charge < -0.3 is 15.0 Å². The molecule has 0 radical (unpaired) electrons. The van der Waals surface area contributed by atoms with Gasteiger partial charge in [-0.1, -0.05) is 0 Å². The van der Waals surface area contributed by atoms with Gasteiger partial charge in [0.2, 0.25) is 5.91 Å². The molecule has 2 aliphatic rings. The largest absolute Gasteiger partial charge is 0.385 e. The molecule has 5 nitrogen and oxygen atoms in total. The number of nitrogens with one attached hydrogen (secondary N) is 1. The number of hydrogen-bond donors (Lipinski definition) is 1. The van der Waals surface area contributed by atoms with E-state index in [4.69, 9.17) is 4.74 Å². The molecule has 132 valence electrons. The molecule has 1 aromatic rings. The van der Waals surface area contributed by atoms with Gasteiger partial charge in [-0.2, -0.15) is 0 Å². The first-order valence-electron chi connectivity index (χ1n) is 8.86. The molecule has 1 aliphatic heterocycles. The van der Waals surface area contributed by atoms with E-state index in [0.29, 0.717) is 13.2 Å². The smallest absolute Gasteiger partial charge is 0.263 e. The summed E-state index contributed by atoms with van der Waals surface area (Å²) in [5.41, 5.74) is 1.20. The van der Waals surface area contributed by atoms with Crippen LogP contribution >= 0.6 is 11.3 Å². The SMILES string of the molecule is COCCCNC(=O)[C@H]1CCc2sc(C(=O)N3CCCC3)cc2C1. The predicted octanol–water partition coefficient (Wildman–Crippen LogP) is 2.24. The van der Waals surface area contributed by atoms with Crippen LogP contribution in [0.1, 0.15) is 45.8 Å². The predicted molar refractivity (Wildman–Crippen MR) is 94.5 cm³/mol. The Morgan fingerprint density at radius 3 is 2.92 bits per heavy atom. The summed E-state index contributed by atoms with van der Waals surface area (Å²) in [7, 11) is 1.67. The Labute approximate surface area is 147 Å². The summed E-state index contributed by atoms with van der Waals surface area (Å²) in [5, 5.41) is 3.00. The number of amides is 2. The van der Waals surface area contributed by atoms with Crippen molar-refractivity contribution < 1.29 is 14.3 Å². The fraction of sp³-hybridized carbons (Fsp3) is 0.667. The minimum Gasteiger partial charge on any atom is -0.385 e. The maximum Gasteiger partial charge on any atom is 0.263 e. The van der Waals surface area contributed by atoms with E-state index in [2.05, 4.69) is 5.32 Å². The van der Waals surface area contributed by atoms with Crippen LogP contribution in [0.5, 0.6) is 0 Å². The van der Waals surface area contributed by atoms with Gasteiger partial charge in [-0.15, -0.1) is 11.3 Å². The molecule has 2 heterocycles. The topological polar surface area (TPSA) is 58.6 Å². The van der Waals surface area contributed by atoms with Gasteiger partial charge in [-0.25, -0.2) is 0 Å². The molecule has 1 fully saturated rings. The number of fused-ring (bicyclic) bond motifs is 1. The fourth-order valence-corrected chi connectivity index (χ4v) is 4.68. The maximum absolute atomic E-state index is 12.5. The second-order valence-electron chi connectivity index (χ2n) is 6.64. The first-order valence-corrected chi connectivity index (χ1v) is 9.68. The zero-order valence-electron chi connectivity index (χ0n) is 14.3. The first-order chi connectivity index (χ1) is 11.7. The number of ether oxygens (including phenoxy) is 1. The molecule has 1 aliphatic carbocycles. The van der Waals surface area contributed by atoms with E-state index in [9.17, 15) is 9.59 Å². The summed E-state index contributed by atoms with van der Waals surface area (Å²) in [6, 6.07) is 2.03. The van der Waals surface area contributed by atoms with Crippen molar-refractivity contribution in [3.05, 3.63) is 21.4 Å². The molecule has 6 heteroatoms. The Bertz CT molecular complexity index is 593. The molecule has 1 saturated heterocycles. The van der Waals surface area contributed by atoms with Crippen molar-refractivity contribution in [3.63, 3.8) is 0 Å². The minimum absolute atomic E-state index is 0.0318. The van der Waals surface area contributed by atoms with Gasteiger partial charge in [-0.3, -0.25) is 9.59 Å². The molecule has 0 saturated carbocycles. The lowest BCUT2D eigenvalue weighted by atomic mass is 9.87. The number of carbonyl (C=O) groups excluding carboxylic acids is 2. The Hall–Kier alpha value is -1.40. The van der Waals surface area contributed by atoms with Crippen molar-refractivity contribution in [2.24, 2.45) is 5.92 Å². The number of nitrogens with zero attached hydrogens (tertiary/aromatic N) is 1. The zero-order valence-corrected chi connectivity index (χ0v) is 15.1. The summed E-state index contributed by atoms with van der Waals surface area (Å²) in [6.07, 6.45) is 5.61. The molecule has 24 heavy (non-hydrogen) atoms. The summed E-state index contributed by atoms with van der Waals surface area (Å²) in [4.78, 5) is 28.9. The van der Waals surface area contributed by atoms with E-state index in [-0.39, 0.29) is 17.7 Å². The third-order valence-electron chi connectivity index (χ3n) is 4.88. The number of methoxy groups -OCH3 is 1. The van der Waals surface area contributed by atoms with Crippen LogP contribution in [0.3, 0.4) is 0 Å². The molecule has 1 atom stereocenters. The summed E-state index contributed by atoms with van der Waals surface area (Å²) >= 11 is 1.63. The quantitative estimate of drug-likeness (QED) is 0.801. The third-order valence-corrected chi connectivity index (χ3v) is 6.11. The lowest BCUT2D eigenvalue weighted by Crippen LogP contribution is -2.34. The van der Waals surface area contributed by atoms with Gasteiger partial charge in [0.1, 0.15) is 0 Å². The van der Waals surface area contributed by atoms with Crippen LogP contribution in [0.25, 0.3) is 0 Å². The van der Waals surface area contributed by atoms with Crippen LogP contribution in [0.15, 0.2) is 6.07 Å². The van der Waals surface area contributed by atoms with Crippen LogP contribution in [-0.4, -0.2) is 50.1 Å². The fourth-order valence-electron chi connectivity index (χ4n) is 3.50. The Kier molecular flexibility index (Phi) is 5.89. The highest BCUT2D eigenvalue weighted by atomic mass is 32.1. The molecule has 0 unspecified atom stereocenters.